The summed E-state index contributed by atoms with van der Waals surface area (Å²) in [6.45, 7) is 11.0. The lowest BCUT2D eigenvalue weighted by Crippen LogP contribution is -2.34. The van der Waals surface area contributed by atoms with Crippen molar-refractivity contribution in [3.63, 3.8) is 0 Å². The van der Waals surface area contributed by atoms with Gasteiger partial charge in [0.2, 0.25) is 0 Å². The van der Waals surface area contributed by atoms with Crippen LogP contribution in [0.1, 0.15) is 34.1 Å². The van der Waals surface area contributed by atoms with Crippen molar-refractivity contribution >= 4 is 11.6 Å². The van der Waals surface area contributed by atoms with E-state index in [1.54, 1.807) is 6.33 Å². The number of hydrogen-bond acceptors (Lipinski definition) is 5. The molecule has 0 aliphatic carbocycles. The predicted octanol–water partition coefficient (Wildman–Crippen LogP) is 1.86. The molecule has 0 aliphatic rings. The van der Waals surface area contributed by atoms with Gasteiger partial charge in [-0.15, -0.1) is 0 Å². The second kappa shape index (κ2) is 6.54. The van der Waals surface area contributed by atoms with E-state index in [0.29, 0.717) is 0 Å². The van der Waals surface area contributed by atoms with E-state index in [4.69, 9.17) is 5.73 Å². The molecule has 0 saturated heterocycles. The first kappa shape index (κ1) is 14.7. The minimum atomic E-state index is -0.151. The third-order valence-electron chi connectivity index (χ3n) is 2.82. The van der Waals surface area contributed by atoms with E-state index in [1.807, 2.05) is 19.9 Å². The maximum Gasteiger partial charge on any atom is 0.134 e. The second-order valence-electron chi connectivity index (χ2n) is 5.10. The smallest absolute Gasteiger partial charge is 0.134 e. The van der Waals surface area contributed by atoms with Crippen LogP contribution in [-0.4, -0.2) is 35.1 Å². The van der Waals surface area contributed by atoms with Crippen LogP contribution in [-0.2, 0) is 0 Å². The molecule has 5 nitrogen and oxygen atoms in total. The molecule has 1 heterocycles. The van der Waals surface area contributed by atoms with Gasteiger partial charge in [0.05, 0.1) is 0 Å². The van der Waals surface area contributed by atoms with Crippen molar-refractivity contribution in [3.05, 3.63) is 12.4 Å². The summed E-state index contributed by atoms with van der Waals surface area (Å²) >= 11 is 0. The zero-order valence-corrected chi connectivity index (χ0v) is 11.9. The molecule has 0 radical (unpaired) electrons. The van der Waals surface area contributed by atoms with Gasteiger partial charge in [0.25, 0.3) is 0 Å². The summed E-state index contributed by atoms with van der Waals surface area (Å²) < 4.78 is 0. The van der Waals surface area contributed by atoms with E-state index in [0.717, 1.165) is 37.7 Å². The predicted molar refractivity (Wildman–Crippen MR) is 77.0 cm³/mol. The fraction of sp³-hybridized carbons (Fsp3) is 0.692. The second-order valence-corrected chi connectivity index (χ2v) is 5.10. The Morgan fingerprint density at radius 2 is 1.94 bits per heavy atom. The maximum absolute atomic E-state index is 5.94. The van der Waals surface area contributed by atoms with Crippen LogP contribution in [0.25, 0.3) is 0 Å². The SMILES string of the molecule is CCN(CC)c1cc(NCCC(C)(C)N)ncn1. The molecule has 0 amide bonds. The lowest BCUT2D eigenvalue weighted by Gasteiger charge is -2.21. The van der Waals surface area contributed by atoms with Gasteiger partial charge in [-0.05, 0) is 34.1 Å². The molecule has 18 heavy (non-hydrogen) atoms. The Morgan fingerprint density at radius 3 is 2.50 bits per heavy atom. The Bertz CT molecular complexity index is 355. The highest BCUT2D eigenvalue weighted by molar-refractivity contribution is 5.48. The minimum Gasteiger partial charge on any atom is -0.370 e. The molecule has 0 atom stereocenters. The Labute approximate surface area is 110 Å². The highest BCUT2D eigenvalue weighted by Gasteiger charge is 2.10. The normalized spacial score (nSPS) is 11.4. The molecule has 0 bridgehead atoms. The molecule has 0 aliphatic heterocycles. The molecular formula is C13H25N5. The number of nitrogens with two attached hydrogens (primary N) is 1. The Morgan fingerprint density at radius 1 is 1.28 bits per heavy atom. The van der Waals surface area contributed by atoms with Gasteiger partial charge in [-0.25, -0.2) is 9.97 Å². The van der Waals surface area contributed by atoms with Crippen molar-refractivity contribution in [2.45, 2.75) is 39.7 Å². The lowest BCUT2D eigenvalue weighted by atomic mass is 10.0. The molecule has 0 unspecified atom stereocenters. The van der Waals surface area contributed by atoms with E-state index in [1.165, 1.54) is 0 Å². The molecule has 102 valence electrons. The minimum absolute atomic E-state index is 0.151. The van der Waals surface area contributed by atoms with Crippen LogP contribution in [0.3, 0.4) is 0 Å². The van der Waals surface area contributed by atoms with Crippen molar-refractivity contribution < 1.29 is 0 Å². The summed E-state index contributed by atoms with van der Waals surface area (Å²) in [4.78, 5) is 10.7. The summed E-state index contributed by atoms with van der Waals surface area (Å²) in [6, 6.07) is 1.98. The van der Waals surface area contributed by atoms with E-state index < -0.39 is 0 Å². The van der Waals surface area contributed by atoms with Crippen LogP contribution in [0.2, 0.25) is 0 Å². The largest absolute Gasteiger partial charge is 0.370 e. The van der Waals surface area contributed by atoms with E-state index in [2.05, 4.69) is 34.0 Å². The fourth-order valence-corrected chi connectivity index (χ4v) is 1.68. The fourth-order valence-electron chi connectivity index (χ4n) is 1.68. The van der Waals surface area contributed by atoms with Gasteiger partial charge in [-0.3, -0.25) is 0 Å². The van der Waals surface area contributed by atoms with Crippen LogP contribution in [0.5, 0.6) is 0 Å². The Kier molecular flexibility index (Phi) is 5.34. The maximum atomic E-state index is 5.94. The average Bonchev–Trinajstić information content (AvgIpc) is 2.29. The molecule has 3 N–H and O–H groups in total. The Balaban J connectivity index is 2.59. The first-order valence-corrected chi connectivity index (χ1v) is 6.56. The first-order valence-electron chi connectivity index (χ1n) is 6.56. The third-order valence-corrected chi connectivity index (χ3v) is 2.82. The molecule has 1 rings (SSSR count). The van der Waals surface area contributed by atoms with Crippen LogP contribution in [0.15, 0.2) is 12.4 Å². The van der Waals surface area contributed by atoms with Gasteiger partial charge >= 0.3 is 0 Å². The van der Waals surface area contributed by atoms with Crippen molar-refractivity contribution in [1.29, 1.82) is 0 Å². The van der Waals surface area contributed by atoms with Crippen LogP contribution >= 0.6 is 0 Å². The first-order chi connectivity index (χ1) is 8.46. The average molecular weight is 251 g/mol. The van der Waals surface area contributed by atoms with Crippen molar-refractivity contribution in [1.82, 2.24) is 9.97 Å². The standard InChI is InChI=1S/C13H25N5/c1-5-18(6-2)12-9-11(16-10-17-12)15-8-7-13(3,4)14/h9-10H,5-8,14H2,1-4H3,(H,15,16,17). The highest BCUT2D eigenvalue weighted by atomic mass is 15.2. The zero-order chi connectivity index (χ0) is 13.6. The van der Waals surface area contributed by atoms with Crippen LogP contribution in [0, 0.1) is 0 Å². The van der Waals surface area contributed by atoms with Crippen LogP contribution in [0.4, 0.5) is 11.6 Å². The summed E-state index contributed by atoms with van der Waals surface area (Å²) in [6.07, 6.45) is 2.50. The van der Waals surface area contributed by atoms with E-state index in [-0.39, 0.29) is 5.54 Å². The summed E-state index contributed by atoms with van der Waals surface area (Å²) in [5.74, 6) is 1.82. The molecule has 1 aromatic rings. The highest BCUT2D eigenvalue weighted by Crippen LogP contribution is 2.14. The molecule has 0 saturated carbocycles. The van der Waals surface area contributed by atoms with Gasteiger partial charge in [-0.1, -0.05) is 0 Å². The molecule has 5 heteroatoms. The number of aromatic nitrogens is 2. The summed E-state index contributed by atoms with van der Waals surface area (Å²) in [7, 11) is 0. The number of nitrogens with one attached hydrogen (secondary N) is 1. The van der Waals surface area contributed by atoms with Gasteiger partial charge in [0.15, 0.2) is 0 Å². The van der Waals surface area contributed by atoms with Gasteiger partial charge in [0, 0.05) is 31.2 Å². The van der Waals surface area contributed by atoms with Gasteiger partial charge < -0.3 is 16.0 Å². The van der Waals surface area contributed by atoms with E-state index >= 15 is 0 Å². The van der Waals surface area contributed by atoms with Crippen molar-refractivity contribution in [2.24, 2.45) is 5.73 Å². The van der Waals surface area contributed by atoms with Crippen molar-refractivity contribution in [3.8, 4) is 0 Å². The monoisotopic (exact) mass is 251 g/mol. The van der Waals surface area contributed by atoms with Crippen molar-refractivity contribution in [2.75, 3.05) is 29.9 Å². The van der Waals surface area contributed by atoms with Crippen LogP contribution < -0.4 is 16.0 Å². The number of nitrogens with zero attached hydrogens (tertiary/aromatic N) is 3. The number of anilines is 2. The topological polar surface area (TPSA) is 67.1 Å². The number of hydrogen-bond donors (Lipinski definition) is 2. The molecule has 0 spiro atoms. The lowest BCUT2D eigenvalue weighted by molar-refractivity contribution is 0.490. The molecule has 0 fully saturated rings. The molecule has 1 aromatic heterocycles. The number of rotatable bonds is 7. The quantitative estimate of drug-likeness (QED) is 0.774. The van der Waals surface area contributed by atoms with E-state index in [9.17, 15) is 0 Å². The molecular weight excluding hydrogens is 226 g/mol. The Hall–Kier alpha value is -1.36. The third kappa shape index (κ3) is 4.87. The summed E-state index contributed by atoms with van der Waals surface area (Å²) in [5, 5.41) is 3.29. The zero-order valence-electron chi connectivity index (χ0n) is 11.9. The van der Waals surface area contributed by atoms with Gasteiger partial charge in [0.1, 0.15) is 18.0 Å². The molecule has 0 aromatic carbocycles. The van der Waals surface area contributed by atoms with Gasteiger partial charge in [-0.2, -0.15) is 0 Å². The summed E-state index contributed by atoms with van der Waals surface area (Å²) in [5.41, 5.74) is 5.79.